The quantitative estimate of drug-likeness (QED) is 0.279. The minimum atomic E-state index is -2.02. The number of allylic oxidation sites excluding steroid dienone is 1. The molecule has 0 amide bonds. The van der Waals surface area contributed by atoms with E-state index in [1.807, 2.05) is 0 Å². The zero-order chi connectivity index (χ0) is 14.6. The van der Waals surface area contributed by atoms with Gasteiger partial charge in [-0.1, -0.05) is 0 Å². The second-order valence-electron chi connectivity index (χ2n) is 6.39. The van der Waals surface area contributed by atoms with Crippen LogP contribution >= 0.6 is 0 Å². The second kappa shape index (κ2) is 12.1. The first-order valence-electron chi connectivity index (χ1n) is 8.54. The Kier molecular flexibility index (Phi) is 12.3. The van der Waals surface area contributed by atoms with Gasteiger partial charge in [-0.25, -0.2) is 0 Å². The fourth-order valence-electron chi connectivity index (χ4n) is 2.60. The monoisotopic (exact) mass is 372 g/mol. The Morgan fingerprint density at radius 3 is 1.58 bits per heavy atom. The van der Waals surface area contributed by atoms with E-state index in [2.05, 4.69) is 50.5 Å². The van der Waals surface area contributed by atoms with Crippen molar-refractivity contribution in [3.63, 3.8) is 0 Å². The summed E-state index contributed by atoms with van der Waals surface area (Å²) in [6, 6.07) is 0. The zero-order valence-corrected chi connectivity index (χ0v) is 17.0. The molecule has 0 aromatic heterocycles. The Labute approximate surface area is 126 Å². The van der Waals surface area contributed by atoms with Gasteiger partial charge in [0.1, 0.15) is 0 Å². The van der Waals surface area contributed by atoms with E-state index in [1.165, 1.54) is 38.5 Å². The third kappa shape index (κ3) is 9.79. The third-order valence-electron chi connectivity index (χ3n) is 3.90. The van der Waals surface area contributed by atoms with Crippen LogP contribution in [0.4, 0.5) is 0 Å². The number of hydrogen-bond donors (Lipinski definition) is 0. The molecular formula is C18H36Sn. The molecule has 0 N–H and O–H groups in total. The van der Waals surface area contributed by atoms with Crippen LogP contribution in [0.3, 0.4) is 0 Å². The Morgan fingerprint density at radius 1 is 0.842 bits per heavy atom. The van der Waals surface area contributed by atoms with Crippen LogP contribution < -0.4 is 0 Å². The molecule has 0 nitrogen and oxygen atoms in total. The maximum atomic E-state index is 3.60. The average Bonchev–Trinajstić information content (AvgIpc) is 2.39. The SMILES string of the molecule is CCC[CH2][Sn]([CH]=C=CC(C)C)([CH2]CCC)[CH2]CCC. The summed E-state index contributed by atoms with van der Waals surface area (Å²) in [4.78, 5) is 0. The summed E-state index contributed by atoms with van der Waals surface area (Å²) in [5, 5.41) is 0. The van der Waals surface area contributed by atoms with Gasteiger partial charge in [-0.2, -0.15) is 0 Å². The first kappa shape index (κ1) is 19.3. The molecule has 0 saturated heterocycles. The van der Waals surface area contributed by atoms with Crippen LogP contribution in [-0.2, 0) is 0 Å². The fraction of sp³-hybridized carbons (Fsp3) is 0.833. The molecule has 0 aliphatic carbocycles. The molecule has 0 aliphatic rings. The van der Waals surface area contributed by atoms with E-state index in [1.54, 1.807) is 13.3 Å². The van der Waals surface area contributed by atoms with Gasteiger partial charge in [0.15, 0.2) is 0 Å². The first-order chi connectivity index (χ1) is 9.10. The van der Waals surface area contributed by atoms with Gasteiger partial charge in [-0.15, -0.1) is 0 Å². The van der Waals surface area contributed by atoms with Crippen LogP contribution in [0, 0.1) is 5.92 Å². The predicted octanol–water partition coefficient (Wildman–Crippen LogP) is 6.74. The zero-order valence-electron chi connectivity index (χ0n) is 14.1. The molecule has 0 heterocycles. The molecule has 0 unspecified atom stereocenters. The van der Waals surface area contributed by atoms with Crippen LogP contribution in [0.2, 0.25) is 13.3 Å². The van der Waals surface area contributed by atoms with Crippen molar-refractivity contribution in [3.8, 4) is 0 Å². The van der Waals surface area contributed by atoms with E-state index in [-0.39, 0.29) is 0 Å². The van der Waals surface area contributed by atoms with E-state index in [9.17, 15) is 0 Å². The van der Waals surface area contributed by atoms with Crippen molar-refractivity contribution >= 4 is 18.4 Å². The third-order valence-corrected chi connectivity index (χ3v) is 17.7. The van der Waals surface area contributed by atoms with Crippen molar-refractivity contribution < 1.29 is 0 Å². The van der Waals surface area contributed by atoms with Crippen LogP contribution in [0.5, 0.6) is 0 Å². The summed E-state index contributed by atoms with van der Waals surface area (Å²) in [5.74, 6) is 0.642. The van der Waals surface area contributed by atoms with Crippen molar-refractivity contribution in [2.75, 3.05) is 0 Å². The standard InChI is InChI=1S/C6H9.3C4H9.Sn/c1-4-5-6(2)3;3*1-3-4-2;/h1,5-6H,2-3H3;3*1,3-4H2,2H3;. The van der Waals surface area contributed by atoms with Gasteiger partial charge in [-0.3, -0.25) is 0 Å². The topological polar surface area (TPSA) is 0 Å². The molecule has 19 heavy (non-hydrogen) atoms. The van der Waals surface area contributed by atoms with E-state index >= 15 is 0 Å². The van der Waals surface area contributed by atoms with Crippen molar-refractivity contribution in [2.24, 2.45) is 5.92 Å². The van der Waals surface area contributed by atoms with Crippen LogP contribution in [0.15, 0.2) is 15.9 Å². The predicted molar refractivity (Wildman–Crippen MR) is 92.4 cm³/mol. The van der Waals surface area contributed by atoms with Gasteiger partial charge < -0.3 is 0 Å². The van der Waals surface area contributed by atoms with Crippen LogP contribution in [0.1, 0.15) is 73.1 Å². The van der Waals surface area contributed by atoms with Crippen molar-refractivity contribution in [1.29, 1.82) is 0 Å². The fourth-order valence-corrected chi connectivity index (χ4v) is 16.3. The van der Waals surface area contributed by atoms with Crippen molar-refractivity contribution in [1.82, 2.24) is 0 Å². The summed E-state index contributed by atoms with van der Waals surface area (Å²) in [6.45, 7) is 11.5. The van der Waals surface area contributed by atoms with Gasteiger partial charge in [0.2, 0.25) is 0 Å². The molecule has 0 bridgehead atoms. The van der Waals surface area contributed by atoms with Crippen LogP contribution in [-0.4, -0.2) is 18.4 Å². The molecule has 0 radical (unpaired) electrons. The van der Waals surface area contributed by atoms with Crippen molar-refractivity contribution in [3.05, 3.63) is 15.9 Å². The molecule has 112 valence electrons. The molecule has 0 saturated carbocycles. The normalized spacial score (nSPS) is 11.5. The molecule has 0 aromatic carbocycles. The van der Waals surface area contributed by atoms with Crippen molar-refractivity contribution in [2.45, 2.75) is 86.5 Å². The summed E-state index contributed by atoms with van der Waals surface area (Å²) < 4.78 is 7.31. The number of rotatable bonds is 11. The summed E-state index contributed by atoms with van der Waals surface area (Å²) >= 11 is -2.02. The second-order valence-corrected chi connectivity index (χ2v) is 19.3. The Balaban J connectivity index is 4.91. The number of hydrogen-bond acceptors (Lipinski definition) is 0. The summed E-state index contributed by atoms with van der Waals surface area (Å²) in [5.41, 5.74) is 3.60. The Hall–Kier alpha value is 0.319. The molecule has 0 spiro atoms. The number of unbranched alkanes of at least 4 members (excludes halogenated alkanes) is 3. The van der Waals surface area contributed by atoms with E-state index in [0.29, 0.717) is 5.92 Å². The van der Waals surface area contributed by atoms with Gasteiger partial charge in [0.05, 0.1) is 0 Å². The summed E-state index contributed by atoms with van der Waals surface area (Å²) in [6.07, 6.45) is 10.7. The minimum absolute atomic E-state index is 0.642. The van der Waals surface area contributed by atoms with Gasteiger partial charge in [0.25, 0.3) is 0 Å². The molecule has 0 atom stereocenters. The van der Waals surface area contributed by atoms with Gasteiger partial charge in [0, 0.05) is 0 Å². The molecule has 1 heteroatoms. The maximum absolute atomic E-state index is 3.60. The average molecular weight is 371 g/mol. The summed E-state index contributed by atoms with van der Waals surface area (Å²) in [7, 11) is 0. The van der Waals surface area contributed by atoms with Crippen LogP contribution in [0.25, 0.3) is 0 Å². The molecule has 0 rings (SSSR count). The molecule has 0 aliphatic heterocycles. The van der Waals surface area contributed by atoms with Gasteiger partial charge in [-0.05, 0) is 0 Å². The Bertz CT molecular complexity index is 237. The van der Waals surface area contributed by atoms with Gasteiger partial charge >= 0.3 is 127 Å². The van der Waals surface area contributed by atoms with E-state index in [0.717, 1.165) is 0 Å². The molecular weight excluding hydrogens is 335 g/mol. The molecule has 0 fully saturated rings. The first-order valence-corrected chi connectivity index (χ1v) is 16.2. The van der Waals surface area contributed by atoms with E-state index < -0.39 is 18.4 Å². The Morgan fingerprint density at radius 2 is 1.26 bits per heavy atom. The van der Waals surface area contributed by atoms with E-state index in [4.69, 9.17) is 0 Å². The molecule has 0 aromatic rings.